The molecular weight excluding hydrogens is 467 g/mol. The summed E-state index contributed by atoms with van der Waals surface area (Å²) in [6, 6.07) is 17.6. The van der Waals surface area contributed by atoms with Gasteiger partial charge in [0.05, 0.1) is 0 Å². The number of halogens is 1. The van der Waals surface area contributed by atoms with E-state index in [2.05, 4.69) is 83.3 Å². The molecule has 2 aliphatic carbocycles. The first-order valence-corrected chi connectivity index (χ1v) is 19.8. The second kappa shape index (κ2) is 8.29. The van der Waals surface area contributed by atoms with E-state index in [1.165, 1.54) is 16.7 Å². The topological polar surface area (TPSA) is 0 Å². The van der Waals surface area contributed by atoms with Gasteiger partial charge in [0.25, 0.3) is 0 Å². The van der Waals surface area contributed by atoms with Gasteiger partial charge >= 0.3 is 190 Å². The van der Waals surface area contributed by atoms with Crippen LogP contribution >= 0.6 is 11.6 Å². The summed E-state index contributed by atoms with van der Waals surface area (Å²) >= 11 is 4.30. The Labute approximate surface area is 188 Å². The molecule has 0 aliphatic heterocycles. The first-order valence-electron chi connectivity index (χ1n) is 10.4. The van der Waals surface area contributed by atoms with Crippen molar-refractivity contribution < 1.29 is 20.4 Å². The third-order valence-electron chi connectivity index (χ3n) is 6.91. The average molecular weight is 496 g/mol. The number of hydrogen-bond acceptors (Lipinski definition) is 0. The van der Waals surface area contributed by atoms with Gasteiger partial charge in [0, 0.05) is 0 Å². The van der Waals surface area contributed by atoms with Crippen molar-refractivity contribution in [1.29, 1.82) is 0 Å². The summed E-state index contributed by atoms with van der Waals surface area (Å²) in [5.74, 6) is 0. The van der Waals surface area contributed by atoms with E-state index in [9.17, 15) is 0 Å². The molecule has 1 atom stereocenters. The minimum atomic E-state index is -1.87. The Hall–Kier alpha value is -0.950. The SMILES string of the molecule is CC1=C(C)[CH]([Zr]([CH]2C=C(c3ccc(Cl)cc3)c3ccccc32)=[Si](C)C)C(C)=C1C. The van der Waals surface area contributed by atoms with Crippen LogP contribution in [0.1, 0.15) is 48.0 Å². The molecule has 29 heavy (non-hydrogen) atoms. The summed E-state index contributed by atoms with van der Waals surface area (Å²) in [4.78, 5) is 0. The van der Waals surface area contributed by atoms with Crippen LogP contribution in [0, 0.1) is 0 Å². The summed E-state index contributed by atoms with van der Waals surface area (Å²) < 4.78 is 1.43. The fourth-order valence-electron chi connectivity index (χ4n) is 5.09. The van der Waals surface area contributed by atoms with Gasteiger partial charge in [-0.3, -0.25) is 0 Å². The van der Waals surface area contributed by atoms with Gasteiger partial charge in [-0.1, -0.05) is 0 Å². The molecule has 0 N–H and O–H groups in total. The van der Waals surface area contributed by atoms with Gasteiger partial charge in [0.2, 0.25) is 0 Å². The average Bonchev–Trinajstić information content (AvgIpc) is 3.17. The molecule has 0 saturated heterocycles. The minimum absolute atomic E-state index is 0.340. The first-order chi connectivity index (χ1) is 13.8. The standard InChI is InChI=1S/C15H10Cl.C9H13.C2H6Si.Zr/c16-13-8-5-12(6-9-13)15-10-7-11-3-1-2-4-14(11)15;1-6-5-7(2)9(4)8(6)3;1-3-2;/h1-10H;5H,1-4H3;1-2H3;. The molecule has 1 unspecified atom stereocenters. The zero-order valence-corrected chi connectivity index (χ0v) is 22.4. The summed E-state index contributed by atoms with van der Waals surface area (Å²) in [6.07, 6.45) is 2.64. The number of fused-ring (bicyclic) bond motifs is 1. The normalized spacial score (nSPS) is 19.0. The van der Waals surface area contributed by atoms with E-state index in [0.29, 0.717) is 3.63 Å². The van der Waals surface area contributed by atoms with Crippen LogP contribution in [0.5, 0.6) is 0 Å². The van der Waals surface area contributed by atoms with E-state index >= 15 is 0 Å². The molecule has 0 saturated carbocycles. The van der Waals surface area contributed by atoms with Crippen LogP contribution in [0.25, 0.3) is 5.57 Å². The van der Waals surface area contributed by atoms with Gasteiger partial charge in [0.1, 0.15) is 0 Å². The Kier molecular flexibility index (Phi) is 6.09. The van der Waals surface area contributed by atoms with Crippen LogP contribution in [0.4, 0.5) is 0 Å². The fraction of sp³-hybridized carbons (Fsp3) is 0.308. The van der Waals surface area contributed by atoms with Crippen LogP contribution in [0.15, 0.2) is 76.9 Å². The quantitative estimate of drug-likeness (QED) is 0.376. The first kappa shape index (κ1) is 21.3. The molecular formula is C26H29ClSiZr. The molecule has 0 radical (unpaired) electrons. The van der Waals surface area contributed by atoms with E-state index in [4.69, 9.17) is 11.6 Å². The predicted octanol–water partition coefficient (Wildman–Crippen LogP) is 8.17. The third-order valence-corrected chi connectivity index (χ3v) is 26.9. The monoisotopic (exact) mass is 494 g/mol. The van der Waals surface area contributed by atoms with Gasteiger partial charge in [-0.15, -0.1) is 0 Å². The number of allylic oxidation sites excluding steroid dienone is 5. The zero-order valence-electron chi connectivity index (χ0n) is 18.2. The Bertz CT molecular complexity index is 1090. The molecule has 3 heteroatoms. The second-order valence-corrected chi connectivity index (χ2v) is 27.1. The Balaban J connectivity index is 1.89. The summed E-state index contributed by atoms with van der Waals surface area (Å²) in [5, 5.41) is 0.805. The number of rotatable bonds is 3. The molecule has 0 nitrogen and oxygen atoms in total. The van der Waals surface area contributed by atoms with Crippen LogP contribution in [-0.2, 0) is 20.4 Å². The van der Waals surface area contributed by atoms with E-state index in [1.54, 1.807) is 27.9 Å². The van der Waals surface area contributed by atoms with Crippen molar-refractivity contribution in [2.24, 2.45) is 0 Å². The number of hydrogen-bond donors (Lipinski definition) is 0. The van der Waals surface area contributed by atoms with E-state index in [-0.39, 0.29) is 5.43 Å². The van der Waals surface area contributed by atoms with Crippen molar-refractivity contribution in [3.8, 4) is 0 Å². The fourth-order valence-corrected chi connectivity index (χ4v) is 25.8. The van der Waals surface area contributed by atoms with Crippen molar-refractivity contribution >= 4 is 22.6 Å². The maximum atomic E-state index is 6.17. The van der Waals surface area contributed by atoms with Gasteiger partial charge < -0.3 is 0 Å². The van der Waals surface area contributed by atoms with Crippen molar-refractivity contribution in [2.45, 2.75) is 48.0 Å². The molecule has 0 bridgehead atoms. The zero-order chi connectivity index (χ0) is 20.9. The van der Waals surface area contributed by atoms with Gasteiger partial charge in [-0.25, -0.2) is 0 Å². The van der Waals surface area contributed by atoms with Crippen molar-refractivity contribution in [2.75, 3.05) is 0 Å². The Morgan fingerprint density at radius 2 is 1.41 bits per heavy atom. The second-order valence-electron chi connectivity index (χ2n) is 8.66. The summed E-state index contributed by atoms with van der Waals surface area (Å²) in [6.45, 7) is 14.7. The molecule has 148 valence electrons. The van der Waals surface area contributed by atoms with Gasteiger partial charge in [-0.2, -0.15) is 0 Å². The van der Waals surface area contributed by atoms with E-state index in [1.807, 2.05) is 12.1 Å². The van der Waals surface area contributed by atoms with Crippen LogP contribution in [0.3, 0.4) is 0 Å². The van der Waals surface area contributed by atoms with Crippen molar-refractivity contribution in [1.82, 2.24) is 0 Å². The molecule has 0 amide bonds. The van der Waals surface area contributed by atoms with E-state index in [0.717, 1.165) is 8.65 Å². The molecule has 4 rings (SSSR count). The molecule has 0 aromatic heterocycles. The molecule has 2 aliphatic rings. The van der Waals surface area contributed by atoms with Gasteiger partial charge in [0.15, 0.2) is 0 Å². The predicted molar refractivity (Wildman–Crippen MR) is 126 cm³/mol. The van der Waals surface area contributed by atoms with E-state index < -0.39 is 20.4 Å². The summed E-state index contributed by atoms with van der Waals surface area (Å²) in [7, 11) is 0. The van der Waals surface area contributed by atoms with Crippen LogP contribution < -0.4 is 0 Å². The third kappa shape index (κ3) is 3.67. The molecule has 2 aromatic carbocycles. The molecule has 0 fully saturated rings. The van der Waals surface area contributed by atoms with Crippen molar-refractivity contribution in [3.05, 3.63) is 98.6 Å². The van der Waals surface area contributed by atoms with Crippen LogP contribution in [-0.4, -0.2) is 5.43 Å². The molecule has 0 spiro atoms. The summed E-state index contributed by atoms with van der Waals surface area (Å²) in [5.41, 5.74) is 11.9. The Morgan fingerprint density at radius 3 is 2.00 bits per heavy atom. The maximum absolute atomic E-state index is 6.17. The molecule has 2 aromatic rings. The van der Waals surface area contributed by atoms with Crippen molar-refractivity contribution in [3.63, 3.8) is 0 Å². The van der Waals surface area contributed by atoms with Crippen LogP contribution in [0.2, 0.25) is 21.7 Å². The van der Waals surface area contributed by atoms with Gasteiger partial charge in [-0.05, 0) is 0 Å². The molecule has 0 heterocycles. The number of benzene rings is 2. The Morgan fingerprint density at radius 1 is 0.828 bits per heavy atom.